The van der Waals surface area contributed by atoms with Gasteiger partial charge in [0.15, 0.2) is 11.6 Å². The van der Waals surface area contributed by atoms with Crippen molar-refractivity contribution in [3.63, 3.8) is 0 Å². The summed E-state index contributed by atoms with van der Waals surface area (Å²) in [5, 5.41) is 7.02. The van der Waals surface area contributed by atoms with Gasteiger partial charge in [0.05, 0.1) is 28.0 Å². The molecule has 1 amide bonds. The van der Waals surface area contributed by atoms with E-state index in [2.05, 4.69) is 16.7 Å². The standard InChI is InChI=1S/C25H20Cl2F2N2O/c26-14-9-7-13(8-10-14)23-16-4-1-3-15(16)17-5-2-6-22(24(17)31-23)30-25(32)18-11-20(28)21(29)12-19(18)27/h2,5-12,15-16,23,31H,1,3-4H2,(H,30,32)/t15-,16-,23-/m1/s1. The quantitative estimate of drug-likeness (QED) is 0.385. The number of fused-ring (bicyclic) bond motifs is 3. The van der Waals surface area contributed by atoms with E-state index in [0.717, 1.165) is 48.2 Å². The lowest BCUT2D eigenvalue weighted by molar-refractivity contribution is 0.102. The molecule has 0 radical (unpaired) electrons. The van der Waals surface area contributed by atoms with Gasteiger partial charge < -0.3 is 10.6 Å². The summed E-state index contributed by atoms with van der Waals surface area (Å²) >= 11 is 12.1. The lowest BCUT2D eigenvalue weighted by Crippen LogP contribution is -2.29. The van der Waals surface area contributed by atoms with Crippen LogP contribution in [0.4, 0.5) is 20.2 Å². The van der Waals surface area contributed by atoms with E-state index in [1.165, 1.54) is 0 Å². The average Bonchev–Trinajstić information content (AvgIpc) is 3.27. The summed E-state index contributed by atoms with van der Waals surface area (Å²) in [7, 11) is 0. The molecule has 0 spiro atoms. The van der Waals surface area contributed by atoms with Crippen LogP contribution >= 0.6 is 23.2 Å². The predicted molar refractivity (Wildman–Crippen MR) is 124 cm³/mol. The molecular weight excluding hydrogens is 453 g/mol. The van der Waals surface area contributed by atoms with Gasteiger partial charge in [0.2, 0.25) is 0 Å². The van der Waals surface area contributed by atoms with Crippen LogP contribution in [0.25, 0.3) is 0 Å². The molecule has 3 aromatic carbocycles. The van der Waals surface area contributed by atoms with Crippen molar-refractivity contribution < 1.29 is 13.6 Å². The third-order valence-electron chi connectivity index (χ3n) is 6.53. The molecule has 164 valence electrons. The summed E-state index contributed by atoms with van der Waals surface area (Å²) in [6, 6.07) is 15.3. The van der Waals surface area contributed by atoms with Gasteiger partial charge in [-0.3, -0.25) is 4.79 Å². The molecule has 1 saturated carbocycles. The molecule has 2 aliphatic rings. The second kappa shape index (κ2) is 8.38. The number of rotatable bonds is 3. The van der Waals surface area contributed by atoms with E-state index >= 15 is 0 Å². The summed E-state index contributed by atoms with van der Waals surface area (Å²) in [4.78, 5) is 12.9. The second-order valence-electron chi connectivity index (χ2n) is 8.34. The van der Waals surface area contributed by atoms with Gasteiger partial charge in [-0.2, -0.15) is 0 Å². The Morgan fingerprint density at radius 3 is 2.53 bits per heavy atom. The number of carbonyl (C=O) groups excluding carboxylic acids is 1. The first-order valence-electron chi connectivity index (χ1n) is 10.5. The van der Waals surface area contributed by atoms with Crippen molar-refractivity contribution in [3.05, 3.63) is 93.0 Å². The normalized spacial score (nSPS) is 21.4. The van der Waals surface area contributed by atoms with Crippen molar-refractivity contribution in [2.24, 2.45) is 5.92 Å². The lowest BCUT2D eigenvalue weighted by atomic mass is 9.77. The number of amides is 1. The minimum atomic E-state index is -1.12. The first kappa shape index (κ1) is 21.2. The maximum absolute atomic E-state index is 13.7. The fraction of sp³-hybridized carbons (Fsp3) is 0.240. The van der Waals surface area contributed by atoms with Gasteiger partial charge in [0.1, 0.15) is 0 Å². The molecule has 1 aliphatic carbocycles. The Morgan fingerprint density at radius 2 is 1.75 bits per heavy atom. The number of hydrogen-bond acceptors (Lipinski definition) is 2. The molecule has 0 aromatic heterocycles. The van der Waals surface area contributed by atoms with E-state index in [9.17, 15) is 13.6 Å². The number of hydrogen-bond donors (Lipinski definition) is 2. The van der Waals surface area contributed by atoms with Crippen molar-refractivity contribution in [3.8, 4) is 0 Å². The third-order valence-corrected chi connectivity index (χ3v) is 7.09. The molecule has 3 atom stereocenters. The molecule has 0 bridgehead atoms. The number of nitrogens with one attached hydrogen (secondary N) is 2. The predicted octanol–water partition coefficient (Wildman–Crippen LogP) is 7.57. The molecule has 7 heteroatoms. The van der Waals surface area contributed by atoms with E-state index in [1.54, 1.807) is 6.07 Å². The number of para-hydroxylation sites is 1. The smallest absolute Gasteiger partial charge is 0.257 e. The Hall–Kier alpha value is -2.63. The fourth-order valence-electron chi connectivity index (χ4n) is 5.07. The topological polar surface area (TPSA) is 41.1 Å². The van der Waals surface area contributed by atoms with Gasteiger partial charge in [0.25, 0.3) is 5.91 Å². The average molecular weight is 473 g/mol. The van der Waals surface area contributed by atoms with E-state index in [4.69, 9.17) is 23.2 Å². The summed E-state index contributed by atoms with van der Waals surface area (Å²) in [6.45, 7) is 0. The Balaban J connectivity index is 1.51. The molecule has 1 heterocycles. The molecule has 5 rings (SSSR count). The van der Waals surface area contributed by atoms with Gasteiger partial charge in [-0.1, -0.05) is 53.9 Å². The van der Waals surface area contributed by atoms with Crippen LogP contribution in [0.2, 0.25) is 10.0 Å². The van der Waals surface area contributed by atoms with Gasteiger partial charge in [0, 0.05) is 5.02 Å². The Morgan fingerprint density at radius 1 is 1.00 bits per heavy atom. The minimum absolute atomic E-state index is 0.0807. The number of anilines is 2. The molecule has 1 fully saturated rings. The molecule has 0 saturated heterocycles. The monoisotopic (exact) mass is 472 g/mol. The molecule has 1 aliphatic heterocycles. The highest BCUT2D eigenvalue weighted by Gasteiger charge is 2.41. The van der Waals surface area contributed by atoms with Gasteiger partial charge >= 0.3 is 0 Å². The molecule has 32 heavy (non-hydrogen) atoms. The van der Waals surface area contributed by atoms with Crippen molar-refractivity contribution in [1.29, 1.82) is 0 Å². The van der Waals surface area contributed by atoms with Crippen LogP contribution in [0.15, 0.2) is 54.6 Å². The summed E-state index contributed by atoms with van der Waals surface area (Å²) in [6.07, 6.45) is 3.34. The number of carbonyl (C=O) groups is 1. The van der Waals surface area contributed by atoms with Crippen molar-refractivity contribution in [2.75, 3.05) is 10.6 Å². The number of benzene rings is 3. The van der Waals surface area contributed by atoms with Crippen molar-refractivity contribution >= 4 is 40.5 Å². The van der Waals surface area contributed by atoms with Crippen molar-refractivity contribution in [2.45, 2.75) is 31.2 Å². The van der Waals surface area contributed by atoms with Crippen LogP contribution in [-0.2, 0) is 0 Å². The maximum Gasteiger partial charge on any atom is 0.257 e. The van der Waals surface area contributed by atoms with Crippen LogP contribution < -0.4 is 10.6 Å². The third kappa shape index (κ3) is 3.74. The molecule has 3 nitrogen and oxygen atoms in total. The second-order valence-corrected chi connectivity index (χ2v) is 9.19. The van der Waals surface area contributed by atoms with Crippen LogP contribution in [-0.4, -0.2) is 5.91 Å². The summed E-state index contributed by atoms with van der Waals surface area (Å²) in [5.74, 6) is -2.00. The van der Waals surface area contributed by atoms with Crippen LogP contribution in [0.1, 0.15) is 52.7 Å². The van der Waals surface area contributed by atoms with E-state index in [-0.39, 0.29) is 16.6 Å². The van der Waals surface area contributed by atoms with Crippen LogP contribution in [0, 0.1) is 17.6 Å². The van der Waals surface area contributed by atoms with E-state index in [0.29, 0.717) is 22.5 Å². The highest BCUT2D eigenvalue weighted by atomic mass is 35.5. The molecule has 2 N–H and O–H groups in total. The summed E-state index contributed by atoms with van der Waals surface area (Å²) < 4.78 is 27.1. The maximum atomic E-state index is 13.7. The van der Waals surface area contributed by atoms with Gasteiger partial charge in [-0.25, -0.2) is 8.78 Å². The van der Waals surface area contributed by atoms with E-state index < -0.39 is 17.5 Å². The zero-order chi connectivity index (χ0) is 22.4. The van der Waals surface area contributed by atoms with Gasteiger partial charge in [-0.15, -0.1) is 0 Å². The molecule has 3 aromatic rings. The molecular formula is C25H20Cl2F2N2O. The first-order valence-corrected chi connectivity index (χ1v) is 11.3. The van der Waals surface area contributed by atoms with Crippen LogP contribution in [0.3, 0.4) is 0 Å². The Kier molecular flexibility index (Phi) is 5.56. The first-order chi connectivity index (χ1) is 15.4. The fourth-order valence-corrected chi connectivity index (χ4v) is 5.43. The lowest BCUT2D eigenvalue weighted by Gasteiger charge is -2.38. The van der Waals surface area contributed by atoms with E-state index in [1.807, 2.05) is 30.3 Å². The zero-order valence-corrected chi connectivity index (χ0v) is 18.5. The SMILES string of the molecule is O=C(Nc1cccc2c1N[C@H](c1ccc(Cl)cc1)[C@@H]1CCC[C@@H]21)c1cc(F)c(F)cc1Cl. The van der Waals surface area contributed by atoms with Crippen molar-refractivity contribution in [1.82, 2.24) is 0 Å². The largest absolute Gasteiger partial charge is 0.376 e. The highest BCUT2D eigenvalue weighted by molar-refractivity contribution is 6.34. The molecule has 0 unspecified atom stereocenters. The Bertz CT molecular complexity index is 1200. The zero-order valence-electron chi connectivity index (χ0n) is 17.0. The Labute approximate surface area is 194 Å². The number of halogens is 4. The summed E-state index contributed by atoms with van der Waals surface area (Å²) in [5.41, 5.74) is 3.61. The van der Waals surface area contributed by atoms with Gasteiger partial charge in [-0.05, 0) is 66.1 Å². The minimum Gasteiger partial charge on any atom is -0.376 e. The highest BCUT2D eigenvalue weighted by Crippen LogP contribution is 2.54. The van der Waals surface area contributed by atoms with Crippen LogP contribution in [0.5, 0.6) is 0 Å².